The number of nitrogens with two attached hydrogens (primary N) is 1. The van der Waals surface area contributed by atoms with Gasteiger partial charge >= 0.3 is 5.97 Å². The summed E-state index contributed by atoms with van der Waals surface area (Å²) < 4.78 is 25.8. The first-order chi connectivity index (χ1) is 12.6. The molecule has 27 heavy (non-hydrogen) atoms. The highest BCUT2D eigenvalue weighted by atomic mass is 32.2. The molecule has 0 unspecified atom stereocenters. The minimum absolute atomic E-state index is 0.0617. The maximum atomic E-state index is 12.5. The van der Waals surface area contributed by atoms with Crippen LogP contribution in [0.1, 0.15) is 20.7 Å². The topological polar surface area (TPSA) is 147 Å². The van der Waals surface area contributed by atoms with Gasteiger partial charge in [0, 0.05) is 12.6 Å². The molecule has 10 heteroatoms. The summed E-state index contributed by atoms with van der Waals surface area (Å²) in [5.41, 5.74) is 5.21. The number of amides is 2. The second-order valence-corrected chi connectivity index (χ2v) is 7.59. The fourth-order valence-electron chi connectivity index (χ4n) is 2.23. The Morgan fingerprint density at radius 1 is 1.07 bits per heavy atom. The van der Waals surface area contributed by atoms with Crippen molar-refractivity contribution in [1.82, 2.24) is 4.31 Å². The highest BCUT2D eigenvalue weighted by Crippen LogP contribution is 2.17. The van der Waals surface area contributed by atoms with Crippen LogP contribution in [-0.2, 0) is 14.8 Å². The fourth-order valence-corrected chi connectivity index (χ4v) is 3.35. The van der Waals surface area contributed by atoms with Crippen LogP contribution in [0.25, 0.3) is 0 Å². The second kappa shape index (κ2) is 7.98. The molecule has 0 saturated heterocycles. The monoisotopic (exact) mass is 391 g/mol. The first-order valence-corrected chi connectivity index (χ1v) is 9.05. The van der Waals surface area contributed by atoms with Gasteiger partial charge in [0.2, 0.25) is 21.8 Å². The number of carboxylic acid groups (broad SMARTS) is 1. The Morgan fingerprint density at radius 2 is 1.67 bits per heavy atom. The number of nitrogens with zero attached hydrogens (tertiary/aromatic N) is 1. The molecule has 142 valence electrons. The molecule has 2 aromatic carbocycles. The first kappa shape index (κ1) is 20.1. The van der Waals surface area contributed by atoms with Crippen molar-refractivity contribution in [2.24, 2.45) is 5.73 Å². The van der Waals surface area contributed by atoms with Crippen molar-refractivity contribution in [3.05, 3.63) is 59.7 Å². The SMILES string of the molecule is CN(CC(=O)Nc1ccccc1C(=O)O)S(=O)(=O)c1ccc(C(N)=O)cc1. The predicted molar refractivity (Wildman–Crippen MR) is 96.8 cm³/mol. The summed E-state index contributed by atoms with van der Waals surface area (Å²) in [6, 6.07) is 10.7. The van der Waals surface area contributed by atoms with Crippen LogP contribution in [0.5, 0.6) is 0 Å². The Bertz CT molecular complexity index is 986. The van der Waals surface area contributed by atoms with E-state index in [0.717, 1.165) is 4.31 Å². The van der Waals surface area contributed by atoms with E-state index in [9.17, 15) is 22.8 Å². The molecule has 4 N–H and O–H groups in total. The predicted octanol–water partition coefficient (Wildman–Crippen LogP) is 0.743. The zero-order valence-corrected chi connectivity index (χ0v) is 15.1. The third-order valence-electron chi connectivity index (χ3n) is 3.64. The number of benzene rings is 2. The zero-order valence-electron chi connectivity index (χ0n) is 14.2. The number of hydrogen-bond acceptors (Lipinski definition) is 5. The van der Waals surface area contributed by atoms with E-state index in [1.165, 1.54) is 49.5 Å². The Kier molecular flexibility index (Phi) is 5.93. The molecule has 0 bridgehead atoms. The standard InChI is InChI=1S/C17H17N3O6S/c1-20(27(25,26)12-8-6-11(7-9-12)16(18)22)10-15(21)19-14-5-3-2-4-13(14)17(23)24/h2-9H,10H2,1H3,(H2,18,22)(H,19,21)(H,23,24). The van der Waals surface area contributed by atoms with Crippen LogP contribution in [0.2, 0.25) is 0 Å². The fraction of sp³-hybridized carbons (Fsp3) is 0.118. The maximum Gasteiger partial charge on any atom is 0.337 e. The quantitative estimate of drug-likeness (QED) is 0.634. The Balaban J connectivity index is 2.13. The number of sulfonamides is 1. The molecule has 0 aliphatic heterocycles. The highest BCUT2D eigenvalue weighted by molar-refractivity contribution is 7.89. The van der Waals surface area contributed by atoms with Crippen LogP contribution in [0, 0.1) is 0 Å². The minimum Gasteiger partial charge on any atom is -0.478 e. The van der Waals surface area contributed by atoms with Crippen molar-refractivity contribution in [3.8, 4) is 0 Å². The van der Waals surface area contributed by atoms with Gasteiger partial charge in [-0.15, -0.1) is 0 Å². The molecule has 0 spiro atoms. The molecule has 2 rings (SSSR count). The molecular weight excluding hydrogens is 374 g/mol. The van der Waals surface area contributed by atoms with Gasteiger partial charge in [-0.25, -0.2) is 13.2 Å². The lowest BCUT2D eigenvalue weighted by molar-refractivity contribution is -0.116. The molecule has 0 radical (unpaired) electrons. The molecule has 2 amide bonds. The number of anilines is 1. The summed E-state index contributed by atoms with van der Waals surface area (Å²) in [7, 11) is -2.78. The molecule has 0 saturated carbocycles. The Labute approximate surface area is 155 Å². The first-order valence-electron chi connectivity index (χ1n) is 7.61. The molecular formula is C17H17N3O6S. The van der Waals surface area contributed by atoms with Gasteiger partial charge in [0.25, 0.3) is 0 Å². The number of aromatic carboxylic acids is 1. The van der Waals surface area contributed by atoms with E-state index in [1.807, 2.05) is 0 Å². The third-order valence-corrected chi connectivity index (χ3v) is 5.46. The number of para-hydroxylation sites is 1. The van der Waals surface area contributed by atoms with Crippen molar-refractivity contribution in [2.45, 2.75) is 4.90 Å². The van der Waals surface area contributed by atoms with Gasteiger partial charge in [0.15, 0.2) is 0 Å². The maximum absolute atomic E-state index is 12.5. The summed E-state index contributed by atoms with van der Waals surface area (Å²) in [6.07, 6.45) is 0. The summed E-state index contributed by atoms with van der Waals surface area (Å²) in [5, 5.41) is 11.5. The summed E-state index contributed by atoms with van der Waals surface area (Å²) >= 11 is 0. The number of hydrogen-bond donors (Lipinski definition) is 3. The van der Waals surface area contributed by atoms with E-state index in [0.29, 0.717) is 0 Å². The van der Waals surface area contributed by atoms with Crippen molar-refractivity contribution >= 4 is 33.5 Å². The van der Waals surface area contributed by atoms with Crippen LogP contribution >= 0.6 is 0 Å². The average Bonchev–Trinajstić information content (AvgIpc) is 2.61. The van der Waals surface area contributed by atoms with Gasteiger partial charge in [0.1, 0.15) is 0 Å². The van der Waals surface area contributed by atoms with Crippen LogP contribution < -0.4 is 11.1 Å². The normalized spacial score (nSPS) is 11.2. The van der Waals surface area contributed by atoms with Gasteiger partial charge < -0.3 is 16.2 Å². The molecule has 0 aromatic heterocycles. The summed E-state index contributed by atoms with van der Waals surface area (Å²) in [5.74, 6) is -2.62. The van der Waals surface area contributed by atoms with Gasteiger partial charge in [-0.05, 0) is 36.4 Å². The van der Waals surface area contributed by atoms with Crippen molar-refractivity contribution in [2.75, 3.05) is 18.9 Å². The Hall–Kier alpha value is -3.24. The van der Waals surface area contributed by atoms with Crippen molar-refractivity contribution in [1.29, 1.82) is 0 Å². The highest BCUT2D eigenvalue weighted by Gasteiger charge is 2.23. The van der Waals surface area contributed by atoms with Crippen LogP contribution in [0.15, 0.2) is 53.4 Å². The lowest BCUT2D eigenvalue weighted by Gasteiger charge is -2.17. The number of likely N-dealkylation sites (N-methyl/N-ethyl adjacent to an activating group) is 1. The number of rotatable bonds is 7. The molecule has 0 heterocycles. The van der Waals surface area contributed by atoms with E-state index in [2.05, 4.69) is 5.32 Å². The molecule has 9 nitrogen and oxygen atoms in total. The van der Waals surface area contributed by atoms with Gasteiger partial charge in [0.05, 0.1) is 22.7 Å². The second-order valence-electron chi connectivity index (χ2n) is 5.55. The largest absolute Gasteiger partial charge is 0.478 e. The number of nitrogens with one attached hydrogen (secondary N) is 1. The smallest absolute Gasteiger partial charge is 0.337 e. The lowest BCUT2D eigenvalue weighted by Crippen LogP contribution is -2.35. The van der Waals surface area contributed by atoms with Crippen molar-refractivity contribution < 1.29 is 27.9 Å². The lowest BCUT2D eigenvalue weighted by atomic mass is 10.2. The molecule has 0 fully saturated rings. The van der Waals surface area contributed by atoms with Crippen molar-refractivity contribution in [3.63, 3.8) is 0 Å². The van der Waals surface area contributed by atoms with Gasteiger partial charge in [-0.1, -0.05) is 12.1 Å². The average molecular weight is 391 g/mol. The van der Waals surface area contributed by atoms with E-state index in [1.54, 1.807) is 6.07 Å². The van der Waals surface area contributed by atoms with E-state index >= 15 is 0 Å². The van der Waals surface area contributed by atoms with Gasteiger partial charge in [-0.2, -0.15) is 4.31 Å². The molecule has 0 aliphatic carbocycles. The van der Waals surface area contributed by atoms with Crippen LogP contribution in [-0.4, -0.2) is 49.2 Å². The van der Waals surface area contributed by atoms with Gasteiger partial charge in [-0.3, -0.25) is 9.59 Å². The number of carbonyl (C=O) groups is 3. The van der Waals surface area contributed by atoms with E-state index < -0.39 is 34.4 Å². The van der Waals surface area contributed by atoms with Crippen LogP contribution in [0.4, 0.5) is 5.69 Å². The zero-order chi connectivity index (χ0) is 20.2. The summed E-state index contributed by atoms with van der Waals surface area (Å²) in [4.78, 5) is 34.2. The third kappa shape index (κ3) is 4.68. The molecule has 0 atom stereocenters. The minimum atomic E-state index is -3.99. The number of carbonyl (C=O) groups excluding carboxylic acids is 2. The van der Waals surface area contributed by atoms with E-state index in [-0.39, 0.29) is 21.7 Å². The summed E-state index contributed by atoms with van der Waals surface area (Å²) in [6.45, 7) is -0.534. The molecule has 0 aliphatic rings. The van der Waals surface area contributed by atoms with Crippen LogP contribution in [0.3, 0.4) is 0 Å². The number of carboxylic acids is 1. The van der Waals surface area contributed by atoms with E-state index in [4.69, 9.17) is 10.8 Å². The molecule has 2 aromatic rings. The number of primary amides is 1. The Morgan fingerprint density at radius 3 is 2.22 bits per heavy atom.